The summed E-state index contributed by atoms with van der Waals surface area (Å²) in [6, 6.07) is 13.6. The van der Waals surface area contributed by atoms with E-state index < -0.39 is 0 Å². The van der Waals surface area contributed by atoms with Crippen LogP contribution in [-0.4, -0.2) is 20.3 Å². The molecule has 0 unspecified atom stereocenters. The molecule has 112 valence electrons. The average Bonchev–Trinajstić information content (AvgIpc) is 2.53. The minimum absolute atomic E-state index is 0.560. The van der Waals surface area contributed by atoms with Crippen molar-refractivity contribution < 1.29 is 9.47 Å². The van der Waals surface area contributed by atoms with Crippen LogP contribution in [0.25, 0.3) is 0 Å². The van der Waals surface area contributed by atoms with Crippen LogP contribution in [0, 0.1) is 0 Å². The van der Waals surface area contributed by atoms with E-state index in [0.717, 1.165) is 28.6 Å². The summed E-state index contributed by atoms with van der Waals surface area (Å²) < 4.78 is 11.1. The molecule has 21 heavy (non-hydrogen) atoms. The van der Waals surface area contributed by atoms with Gasteiger partial charge in [-0.3, -0.25) is 0 Å². The first kappa shape index (κ1) is 15.5. The van der Waals surface area contributed by atoms with Crippen molar-refractivity contribution in [2.75, 3.05) is 25.6 Å². The Bertz CT molecular complexity index is 570. The van der Waals surface area contributed by atoms with Crippen LogP contribution < -0.4 is 14.8 Å². The van der Waals surface area contributed by atoms with Crippen molar-refractivity contribution in [3.8, 4) is 11.5 Å². The lowest BCUT2D eigenvalue weighted by atomic mass is 10.1. The molecule has 0 atom stereocenters. The van der Waals surface area contributed by atoms with Crippen LogP contribution in [0.3, 0.4) is 0 Å². The first-order valence-electron chi connectivity index (χ1n) is 7.02. The summed E-state index contributed by atoms with van der Waals surface area (Å²) in [6.07, 6.45) is 0.981. The fourth-order valence-electron chi connectivity index (χ4n) is 1.98. The maximum absolute atomic E-state index is 5.84. The zero-order chi connectivity index (χ0) is 15.1. The van der Waals surface area contributed by atoms with Crippen LogP contribution in [0.5, 0.6) is 11.5 Å². The molecule has 1 N–H and O–H groups in total. The highest BCUT2D eigenvalue weighted by Crippen LogP contribution is 2.28. The minimum atomic E-state index is 0.560. The number of aryl methyl sites for hydroxylation is 1. The highest BCUT2D eigenvalue weighted by Gasteiger charge is 2.04. The Kier molecular flexibility index (Phi) is 5.76. The number of nitrogens with one attached hydrogen (secondary N) is 1. The molecule has 4 heteroatoms. The molecule has 0 saturated heterocycles. The molecule has 0 aromatic heterocycles. The first-order chi connectivity index (χ1) is 10.2. The Labute approximate surface area is 130 Å². The number of hydrogen-bond donors (Lipinski definition) is 1. The molecule has 0 heterocycles. The van der Waals surface area contributed by atoms with Gasteiger partial charge in [0.15, 0.2) is 11.5 Å². The van der Waals surface area contributed by atoms with Crippen molar-refractivity contribution in [3.05, 3.63) is 53.1 Å². The summed E-state index contributed by atoms with van der Waals surface area (Å²) in [6.45, 7) is 3.39. The summed E-state index contributed by atoms with van der Waals surface area (Å²) >= 11 is 5.84. The van der Waals surface area contributed by atoms with E-state index in [1.165, 1.54) is 5.56 Å². The van der Waals surface area contributed by atoms with Crippen molar-refractivity contribution in [2.45, 2.75) is 13.3 Å². The van der Waals surface area contributed by atoms with Crippen LogP contribution in [0.15, 0.2) is 42.5 Å². The molecule has 2 rings (SSSR count). The van der Waals surface area contributed by atoms with Crippen molar-refractivity contribution in [2.24, 2.45) is 0 Å². The number of rotatable bonds is 7. The van der Waals surface area contributed by atoms with Gasteiger partial charge in [0.25, 0.3) is 0 Å². The quantitative estimate of drug-likeness (QED) is 0.769. The number of benzene rings is 2. The molecule has 3 nitrogen and oxygen atoms in total. The summed E-state index contributed by atoms with van der Waals surface area (Å²) in [4.78, 5) is 0. The zero-order valence-corrected chi connectivity index (χ0v) is 13.1. The van der Waals surface area contributed by atoms with Gasteiger partial charge in [0.1, 0.15) is 6.61 Å². The van der Waals surface area contributed by atoms with Crippen molar-refractivity contribution in [3.63, 3.8) is 0 Å². The predicted molar refractivity (Wildman–Crippen MR) is 87.8 cm³/mol. The molecule has 0 radical (unpaired) electrons. The predicted octanol–water partition coefficient (Wildman–Crippen LogP) is 4.40. The normalized spacial score (nSPS) is 10.2. The van der Waals surface area contributed by atoms with E-state index in [0.29, 0.717) is 13.2 Å². The minimum Gasteiger partial charge on any atom is -0.493 e. The van der Waals surface area contributed by atoms with Crippen LogP contribution in [0.4, 0.5) is 5.69 Å². The third-order valence-electron chi connectivity index (χ3n) is 3.17. The van der Waals surface area contributed by atoms with Gasteiger partial charge in [-0.25, -0.2) is 0 Å². The van der Waals surface area contributed by atoms with E-state index in [2.05, 4.69) is 18.3 Å². The zero-order valence-electron chi connectivity index (χ0n) is 12.4. The Hall–Kier alpha value is -1.87. The van der Waals surface area contributed by atoms with Gasteiger partial charge in [0.2, 0.25) is 0 Å². The lowest BCUT2D eigenvalue weighted by molar-refractivity contribution is 0.305. The van der Waals surface area contributed by atoms with Gasteiger partial charge in [0, 0.05) is 17.3 Å². The first-order valence-corrected chi connectivity index (χ1v) is 7.40. The topological polar surface area (TPSA) is 30.5 Å². The Morgan fingerprint density at radius 1 is 1.05 bits per heavy atom. The van der Waals surface area contributed by atoms with Crippen LogP contribution >= 0.6 is 11.6 Å². The highest BCUT2D eigenvalue weighted by molar-refractivity contribution is 6.30. The Morgan fingerprint density at radius 3 is 2.48 bits per heavy atom. The maximum Gasteiger partial charge on any atom is 0.161 e. The fraction of sp³-hybridized carbons (Fsp3) is 0.294. The van der Waals surface area contributed by atoms with E-state index in [-0.39, 0.29) is 0 Å². The lowest BCUT2D eigenvalue weighted by Crippen LogP contribution is -2.11. The molecular weight excluding hydrogens is 286 g/mol. The third-order valence-corrected chi connectivity index (χ3v) is 3.42. The number of methoxy groups -OCH3 is 1. The van der Waals surface area contributed by atoms with Gasteiger partial charge < -0.3 is 14.8 Å². The third kappa shape index (κ3) is 4.57. The molecule has 0 spiro atoms. The standard InChI is InChI=1S/C17H20ClNO2/c1-3-13-4-9-16(17(12-13)20-2)21-11-10-19-15-7-5-14(18)6-8-15/h4-9,12,19H,3,10-11H2,1-2H3. The molecule has 0 saturated carbocycles. The smallest absolute Gasteiger partial charge is 0.161 e. The Morgan fingerprint density at radius 2 is 1.81 bits per heavy atom. The van der Waals surface area contributed by atoms with Crippen molar-refractivity contribution in [1.82, 2.24) is 0 Å². The molecule has 0 bridgehead atoms. The average molecular weight is 306 g/mol. The molecule has 2 aromatic rings. The number of ether oxygens (including phenoxy) is 2. The van der Waals surface area contributed by atoms with Crippen LogP contribution in [-0.2, 0) is 6.42 Å². The molecule has 0 amide bonds. The van der Waals surface area contributed by atoms with E-state index in [9.17, 15) is 0 Å². The monoisotopic (exact) mass is 305 g/mol. The lowest BCUT2D eigenvalue weighted by Gasteiger charge is -2.12. The SMILES string of the molecule is CCc1ccc(OCCNc2ccc(Cl)cc2)c(OC)c1. The second kappa shape index (κ2) is 7.79. The van der Waals surface area contributed by atoms with Gasteiger partial charge in [0.05, 0.1) is 7.11 Å². The second-order valence-corrected chi connectivity index (χ2v) is 5.06. The summed E-state index contributed by atoms with van der Waals surface area (Å²) in [5.41, 5.74) is 2.26. The summed E-state index contributed by atoms with van der Waals surface area (Å²) in [7, 11) is 1.66. The molecule has 2 aromatic carbocycles. The van der Waals surface area contributed by atoms with Gasteiger partial charge in [-0.2, -0.15) is 0 Å². The van der Waals surface area contributed by atoms with Gasteiger partial charge in [-0.1, -0.05) is 24.6 Å². The van der Waals surface area contributed by atoms with Gasteiger partial charge in [-0.15, -0.1) is 0 Å². The van der Waals surface area contributed by atoms with Crippen LogP contribution in [0.1, 0.15) is 12.5 Å². The summed E-state index contributed by atoms with van der Waals surface area (Å²) in [5.74, 6) is 1.55. The van der Waals surface area contributed by atoms with Gasteiger partial charge >= 0.3 is 0 Å². The molecule has 0 aliphatic carbocycles. The second-order valence-electron chi connectivity index (χ2n) is 4.62. The molecular formula is C17H20ClNO2. The van der Waals surface area contributed by atoms with Crippen LogP contribution in [0.2, 0.25) is 5.02 Å². The molecule has 0 fully saturated rings. The number of anilines is 1. The highest BCUT2D eigenvalue weighted by atomic mass is 35.5. The van der Waals surface area contributed by atoms with Crippen molar-refractivity contribution >= 4 is 17.3 Å². The largest absolute Gasteiger partial charge is 0.493 e. The van der Waals surface area contributed by atoms with Crippen molar-refractivity contribution in [1.29, 1.82) is 0 Å². The number of halogens is 1. The van der Waals surface area contributed by atoms with E-state index in [4.69, 9.17) is 21.1 Å². The van der Waals surface area contributed by atoms with E-state index in [1.54, 1.807) is 7.11 Å². The molecule has 0 aliphatic rings. The number of hydrogen-bond acceptors (Lipinski definition) is 3. The Balaban J connectivity index is 1.84. The molecule has 0 aliphatic heterocycles. The summed E-state index contributed by atoms with van der Waals surface area (Å²) in [5, 5.41) is 4.01. The van der Waals surface area contributed by atoms with E-state index >= 15 is 0 Å². The van der Waals surface area contributed by atoms with E-state index in [1.807, 2.05) is 36.4 Å². The van der Waals surface area contributed by atoms with Gasteiger partial charge in [-0.05, 0) is 48.4 Å². The maximum atomic E-state index is 5.84. The fourth-order valence-corrected chi connectivity index (χ4v) is 2.10.